The van der Waals surface area contributed by atoms with E-state index in [0.29, 0.717) is 5.15 Å². The molecule has 0 atom stereocenters. The van der Waals surface area contributed by atoms with Crippen LogP contribution in [0.4, 0.5) is 11.5 Å². The fourth-order valence-electron chi connectivity index (χ4n) is 1.88. The Kier molecular flexibility index (Phi) is 4.42. The molecule has 1 N–H and O–H groups in total. The van der Waals surface area contributed by atoms with E-state index in [1.807, 2.05) is 19.1 Å². The first kappa shape index (κ1) is 14.3. The van der Waals surface area contributed by atoms with Gasteiger partial charge in [-0.25, -0.2) is 9.97 Å². The first-order valence-corrected chi connectivity index (χ1v) is 7.19. The highest BCUT2D eigenvalue weighted by molar-refractivity contribution is 9.10. The average Bonchev–Trinajstić information content (AvgIpc) is 2.32. The molecule has 0 aliphatic carbocycles. The summed E-state index contributed by atoms with van der Waals surface area (Å²) in [7, 11) is 0. The minimum Gasteiger partial charge on any atom is -0.340 e. The van der Waals surface area contributed by atoms with Crippen molar-refractivity contribution >= 4 is 39.0 Å². The van der Waals surface area contributed by atoms with Gasteiger partial charge < -0.3 is 5.32 Å². The fraction of sp³-hybridized carbons (Fsp3) is 0.286. The number of benzene rings is 1. The lowest BCUT2D eigenvalue weighted by molar-refractivity contribution is 0.850. The van der Waals surface area contributed by atoms with E-state index < -0.39 is 0 Å². The summed E-state index contributed by atoms with van der Waals surface area (Å²) in [4.78, 5) is 8.35. The second-order valence-electron chi connectivity index (χ2n) is 4.67. The van der Waals surface area contributed by atoms with Gasteiger partial charge in [-0.05, 0) is 36.6 Å². The van der Waals surface area contributed by atoms with Crippen molar-refractivity contribution in [3.63, 3.8) is 0 Å². The summed E-state index contributed by atoms with van der Waals surface area (Å²) in [6.45, 7) is 6.19. The maximum Gasteiger partial charge on any atom is 0.138 e. The summed E-state index contributed by atoms with van der Waals surface area (Å²) in [6.07, 6.45) is 1.48. The Balaban J connectivity index is 2.41. The van der Waals surface area contributed by atoms with Gasteiger partial charge in [0.1, 0.15) is 17.3 Å². The van der Waals surface area contributed by atoms with Crippen molar-refractivity contribution in [1.29, 1.82) is 0 Å². The molecule has 2 rings (SSSR count). The van der Waals surface area contributed by atoms with E-state index in [1.54, 1.807) is 0 Å². The number of nitrogens with one attached hydrogen (secondary N) is 1. The Bertz CT molecular complexity index is 599. The van der Waals surface area contributed by atoms with Crippen molar-refractivity contribution in [3.8, 4) is 0 Å². The summed E-state index contributed by atoms with van der Waals surface area (Å²) < 4.78 is 1.06. The topological polar surface area (TPSA) is 37.8 Å². The number of aryl methyl sites for hydroxylation is 1. The highest BCUT2D eigenvalue weighted by atomic mass is 79.9. The summed E-state index contributed by atoms with van der Waals surface area (Å²) in [5.41, 5.74) is 3.09. The zero-order valence-corrected chi connectivity index (χ0v) is 13.4. The highest BCUT2D eigenvalue weighted by Gasteiger charge is 2.14. The Morgan fingerprint density at radius 1 is 1.26 bits per heavy atom. The summed E-state index contributed by atoms with van der Waals surface area (Å²) in [6, 6.07) is 6.06. The van der Waals surface area contributed by atoms with Crippen molar-refractivity contribution in [3.05, 3.63) is 45.3 Å². The lowest BCUT2D eigenvalue weighted by Crippen LogP contribution is -2.03. The molecule has 19 heavy (non-hydrogen) atoms. The molecule has 0 radical (unpaired) electrons. The first-order valence-electron chi connectivity index (χ1n) is 6.02. The molecular formula is C14H15BrClN3. The molecule has 0 amide bonds. The van der Waals surface area contributed by atoms with E-state index in [9.17, 15) is 0 Å². The molecule has 2 aromatic rings. The predicted octanol–water partition coefficient (Wildman–Crippen LogP) is 5.07. The molecule has 0 aliphatic rings. The van der Waals surface area contributed by atoms with Gasteiger partial charge in [-0.2, -0.15) is 0 Å². The van der Waals surface area contributed by atoms with Gasteiger partial charge >= 0.3 is 0 Å². The SMILES string of the molecule is Cc1cc(Br)ccc1Nc1ncnc(Cl)c1C(C)C. The van der Waals surface area contributed by atoms with Gasteiger partial charge in [0.25, 0.3) is 0 Å². The van der Waals surface area contributed by atoms with E-state index in [2.05, 4.69) is 51.1 Å². The van der Waals surface area contributed by atoms with Crippen LogP contribution in [0.5, 0.6) is 0 Å². The van der Waals surface area contributed by atoms with E-state index in [1.165, 1.54) is 6.33 Å². The maximum absolute atomic E-state index is 6.16. The van der Waals surface area contributed by atoms with Crippen molar-refractivity contribution in [2.75, 3.05) is 5.32 Å². The molecule has 0 fully saturated rings. The Morgan fingerprint density at radius 3 is 2.63 bits per heavy atom. The Hall–Kier alpha value is -1.13. The average molecular weight is 341 g/mol. The standard InChI is InChI=1S/C14H15BrClN3/c1-8(2)12-13(16)17-7-18-14(12)19-11-5-4-10(15)6-9(11)3/h4-8H,1-3H3,(H,17,18,19). The Labute approximate surface area is 126 Å². The van der Waals surface area contributed by atoms with Gasteiger partial charge in [0.15, 0.2) is 0 Å². The van der Waals surface area contributed by atoms with Gasteiger partial charge in [0, 0.05) is 15.7 Å². The van der Waals surface area contributed by atoms with Gasteiger partial charge in [0.05, 0.1) is 0 Å². The molecule has 100 valence electrons. The third-order valence-electron chi connectivity index (χ3n) is 2.85. The Morgan fingerprint density at radius 2 is 2.00 bits per heavy atom. The maximum atomic E-state index is 6.16. The molecular weight excluding hydrogens is 326 g/mol. The third kappa shape index (κ3) is 3.25. The molecule has 0 saturated carbocycles. The lowest BCUT2D eigenvalue weighted by Gasteiger charge is -2.15. The number of halogens is 2. The lowest BCUT2D eigenvalue weighted by atomic mass is 10.1. The number of anilines is 2. The molecule has 1 heterocycles. The fourth-order valence-corrected chi connectivity index (χ4v) is 2.71. The second-order valence-corrected chi connectivity index (χ2v) is 5.94. The molecule has 1 aromatic heterocycles. The minimum atomic E-state index is 0.256. The second kappa shape index (κ2) is 5.88. The van der Waals surface area contributed by atoms with Crippen LogP contribution in [0.15, 0.2) is 29.0 Å². The zero-order valence-electron chi connectivity index (χ0n) is 11.0. The van der Waals surface area contributed by atoms with Crippen molar-refractivity contribution in [2.45, 2.75) is 26.7 Å². The summed E-state index contributed by atoms with van der Waals surface area (Å²) >= 11 is 9.61. The number of hydrogen-bond acceptors (Lipinski definition) is 3. The molecule has 0 bridgehead atoms. The first-order chi connectivity index (χ1) is 8.99. The number of aromatic nitrogens is 2. The number of rotatable bonds is 3. The van der Waals surface area contributed by atoms with E-state index in [4.69, 9.17) is 11.6 Å². The monoisotopic (exact) mass is 339 g/mol. The molecule has 1 aromatic carbocycles. The molecule has 0 spiro atoms. The van der Waals surface area contributed by atoms with Crippen molar-refractivity contribution in [1.82, 2.24) is 9.97 Å². The molecule has 0 saturated heterocycles. The van der Waals surface area contributed by atoms with Crippen LogP contribution in [0.1, 0.15) is 30.9 Å². The number of nitrogens with zero attached hydrogens (tertiary/aromatic N) is 2. The highest BCUT2D eigenvalue weighted by Crippen LogP contribution is 2.31. The van der Waals surface area contributed by atoms with Crippen molar-refractivity contribution < 1.29 is 0 Å². The molecule has 5 heteroatoms. The van der Waals surface area contributed by atoms with E-state index in [0.717, 1.165) is 27.1 Å². The molecule has 3 nitrogen and oxygen atoms in total. The number of hydrogen-bond donors (Lipinski definition) is 1. The van der Waals surface area contributed by atoms with Gasteiger partial charge in [-0.3, -0.25) is 0 Å². The van der Waals surface area contributed by atoms with Crippen LogP contribution < -0.4 is 5.32 Å². The van der Waals surface area contributed by atoms with Crippen molar-refractivity contribution in [2.24, 2.45) is 0 Å². The van der Waals surface area contributed by atoms with Crippen LogP contribution in [0, 0.1) is 6.92 Å². The van der Waals surface area contributed by atoms with Gasteiger partial charge in [-0.15, -0.1) is 0 Å². The quantitative estimate of drug-likeness (QED) is 0.793. The third-order valence-corrected chi connectivity index (χ3v) is 3.65. The summed E-state index contributed by atoms with van der Waals surface area (Å²) in [5.74, 6) is 1.02. The predicted molar refractivity (Wildman–Crippen MR) is 83.3 cm³/mol. The van der Waals surface area contributed by atoms with Crippen LogP contribution in [0.2, 0.25) is 5.15 Å². The van der Waals surface area contributed by atoms with E-state index in [-0.39, 0.29) is 5.92 Å². The summed E-state index contributed by atoms with van der Waals surface area (Å²) in [5, 5.41) is 3.84. The molecule has 0 aliphatic heterocycles. The smallest absolute Gasteiger partial charge is 0.138 e. The minimum absolute atomic E-state index is 0.256. The van der Waals surface area contributed by atoms with Crippen LogP contribution in [-0.2, 0) is 0 Å². The van der Waals surface area contributed by atoms with Crippen LogP contribution >= 0.6 is 27.5 Å². The van der Waals surface area contributed by atoms with Crippen LogP contribution in [0.3, 0.4) is 0 Å². The molecule has 0 unspecified atom stereocenters. The normalized spacial score (nSPS) is 10.8. The zero-order chi connectivity index (χ0) is 14.0. The van der Waals surface area contributed by atoms with Crippen LogP contribution in [0.25, 0.3) is 0 Å². The van der Waals surface area contributed by atoms with E-state index >= 15 is 0 Å². The van der Waals surface area contributed by atoms with Gasteiger partial charge in [-0.1, -0.05) is 41.4 Å². The van der Waals surface area contributed by atoms with Crippen LogP contribution in [-0.4, -0.2) is 9.97 Å². The largest absolute Gasteiger partial charge is 0.340 e. The van der Waals surface area contributed by atoms with Gasteiger partial charge in [0.2, 0.25) is 0 Å².